The minimum Gasteiger partial charge on any atom is -0.493 e. The van der Waals surface area contributed by atoms with E-state index < -0.39 is 0 Å². The van der Waals surface area contributed by atoms with Crippen LogP contribution in [0.2, 0.25) is 0 Å². The molecule has 7 heteroatoms. The lowest BCUT2D eigenvalue weighted by atomic mass is 10.1. The first kappa shape index (κ1) is 22.7. The van der Waals surface area contributed by atoms with Crippen molar-refractivity contribution in [3.05, 3.63) is 83.0 Å². The van der Waals surface area contributed by atoms with Crippen molar-refractivity contribution in [1.82, 2.24) is 4.98 Å². The summed E-state index contributed by atoms with van der Waals surface area (Å²) in [7, 11) is 4.76. The lowest BCUT2D eigenvalue weighted by Gasteiger charge is -2.14. The summed E-state index contributed by atoms with van der Waals surface area (Å²) in [6.45, 7) is 2.07. The summed E-state index contributed by atoms with van der Waals surface area (Å²) in [4.78, 5) is 10.9. The predicted octanol–water partition coefficient (Wildman–Crippen LogP) is 6.79. The highest BCUT2D eigenvalue weighted by atomic mass is 32.1. The van der Waals surface area contributed by atoms with Crippen molar-refractivity contribution in [2.24, 2.45) is 4.99 Å². The molecule has 0 amide bonds. The first-order valence-electron chi connectivity index (χ1n) is 11.0. The largest absolute Gasteiger partial charge is 0.493 e. The van der Waals surface area contributed by atoms with Gasteiger partial charge in [-0.2, -0.15) is 0 Å². The van der Waals surface area contributed by atoms with Gasteiger partial charge >= 0.3 is 0 Å². The lowest BCUT2D eigenvalue weighted by molar-refractivity contribution is 0.324. The van der Waals surface area contributed by atoms with Gasteiger partial charge in [-0.05, 0) is 31.2 Å². The quantitative estimate of drug-likeness (QED) is 0.265. The Morgan fingerprint density at radius 3 is 2.17 bits per heavy atom. The van der Waals surface area contributed by atoms with E-state index in [2.05, 4.69) is 19.1 Å². The summed E-state index contributed by atoms with van der Waals surface area (Å²) in [5.41, 5.74) is 3.52. The van der Waals surface area contributed by atoms with Crippen LogP contribution in [0.15, 0.2) is 82.2 Å². The lowest BCUT2D eigenvalue weighted by Crippen LogP contribution is -2.03. The van der Waals surface area contributed by atoms with Crippen LogP contribution in [0.1, 0.15) is 4.88 Å². The third-order valence-electron chi connectivity index (χ3n) is 5.65. The Hall–Kier alpha value is -4.10. The number of ether oxygens (including phenoxy) is 3. The number of aryl methyl sites for hydroxylation is 1. The molecule has 0 atom stereocenters. The summed E-state index contributed by atoms with van der Waals surface area (Å²) in [5, 5.41) is 2.36. The summed E-state index contributed by atoms with van der Waals surface area (Å²) < 4.78 is 22.8. The van der Waals surface area contributed by atoms with Crippen LogP contribution in [0, 0.1) is 6.92 Å². The zero-order chi connectivity index (χ0) is 24.4. The zero-order valence-electron chi connectivity index (χ0n) is 19.9. The Morgan fingerprint density at radius 1 is 0.800 bits per heavy atom. The maximum absolute atomic E-state index is 6.27. The van der Waals surface area contributed by atoms with E-state index in [1.807, 2.05) is 60.7 Å². The van der Waals surface area contributed by atoms with Crippen LogP contribution in [0.3, 0.4) is 0 Å². The van der Waals surface area contributed by atoms with E-state index in [9.17, 15) is 0 Å². The minimum atomic E-state index is 0.524. The minimum absolute atomic E-state index is 0.524. The first-order chi connectivity index (χ1) is 17.1. The molecule has 0 bridgehead atoms. The fourth-order valence-electron chi connectivity index (χ4n) is 3.97. The molecule has 0 unspecified atom stereocenters. The standard InChI is InChI=1S/C28H24N2O4S/c1-17-26(18-10-6-5-7-11-18)30-28(35-17)29-21-16-23(34-22-13-9-8-12-20(21)22)19-14-24(31-2)27(33-4)25(15-19)32-3/h5-16H,1-4H3/b29-21+. The monoisotopic (exact) mass is 484 g/mol. The second-order valence-electron chi connectivity index (χ2n) is 7.79. The maximum Gasteiger partial charge on any atom is 0.210 e. The van der Waals surface area contributed by atoms with Gasteiger partial charge in [-0.3, -0.25) is 0 Å². The van der Waals surface area contributed by atoms with E-state index in [-0.39, 0.29) is 0 Å². The Morgan fingerprint density at radius 2 is 1.49 bits per heavy atom. The van der Waals surface area contributed by atoms with Gasteiger partial charge in [0.1, 0.15) is 11.3 Å². The Balaban J connectivity index is 1.70. The van der Waals surface area contributed by atoms with E-state index in [0.29, 0.717) is 33.7 Å². The third-order valence-corrected chi connectivity index (χ3v) is 6.51. The zero-order valence-corrected chi connectivity index (χ0v) is 20.7. The fraction of sp³-hybridized carbons (Fsp3) is 0.143. The van der Waals surface area contributed by atoms with Crippen molar-refractivity contribution in [2.75, 3.05) is 21.3 Å². The number of methoxy groups -OCH3 is 3. The maximum atomic E-state index is 6.27. The van der Waals surface area contributed by atoms with E-state index >= 15 is 0 Å². The van der Waals surface area contributed by atoms with Crippen molar-refractivity contribution in [2.45, 2.75) is 6.92 Å². The van der Waals surface area contributed by atoms with Crippen LogP contribution in [0.25, 0.3) is 33.6 Å². The van der Waals surface area contributed by atoms with Crippen LogP contribution < -0.4 is 19.6 Å². The van der Waals surface area contributed by atoms with E-state index in [1.165, 1.54) is 0 Å². The van der Waals surface area contributed by atoms with Crippen molar-refractivity contribution in [3.8, 4) is 39.8 Å². The van der Waals surface area contributed by atoms with Gasteiger partial charge in [-0.15, -0.1) is 0 Å². The molecule has 5 aromatic rings. The number of hydrogen-bond acceptors (Lipinski definition) is 7. The second-order valence-corrected chi connectivity index (χ2v) is 8.97. The van der Waals surface area contributed by atoms with Gasteiger partial charge in [-0.1, -0.05) is 53.8 Å². The molecule has 5 rings (SSSR count). The Kier molecular flexibility index (Phi) is 6.25. The average Bonchev–Trinajstić information content (AvgIpc) is 3.27. The van der Waals surface area contributed by atoms with Crippen LogP contribution in [0.4, 0.5) is 5.13 Å². The SMILES string of the molecule is COc1cc(-c2c/c(=N\c3nc(-c4ccccc4)c(C)s3)c3ccccc3o2)cc(OC)c1OC. The number of thiazole rings is 1. The number of para-hydroxylation sites is 1. The molecule has 2 aromatic heterocycles. The van der Waals surface area contributed by atoms with Gasteiger partial charge in [0.25, 0.3) is 0 Å². The highest BCUT2D eigenvalue weighted by Gasteiger charge is 2.16. The predicted molar refractivity (Wildman–Crippen MR) is 139 cm³/mol. The topological polar surface area (TPSA) is 66.1 Å². The molecule has 0 N–H and O–H groups in total. The summed E-state index contributed by atoms with van der Waals surface area (Å²) >= 11 is 1.57. The average molecular weight is 485 g/mol. The molecule has 6 nitrogen and oxygen atoms in total. The van der Waals surface area contributed by atoms with Crippen molar-refractivity contribution >= 4 is 27.4 Å². The molecule has 0 saturated heterocycles. The van der Waals surface area contributed by atoms with Crippen LogP contribution in [0.5, 0.6) is 17.2 Å². The first-order valence-corrected chi connectivity index (χ1v) is 11.8. The van der Waals surface area contributed by atoms with Gasteiger partial charge in [0.05, 0.1) is 32.4 Å². The van der Waals surface area contributed by atoms with Gasteiger partial charge in [0.15, 0.2) is 11.5 Å². The van der Waals surface area contributed by atoms with Gasteiger partial charge < -0.3 is 18.6 Å². The van der Waals surface area contributed by atoms with Crippen molar-refractivity contribution in [3.63, 3.8) is 0 Å². The molecule has 0 aliphatic carbocycles. The highest BCUT2D eigenvalue weighted by molar-refractivity contribution is 7.15. The van der Waals surface area contributed by atoms with E-state index in [1.54, 1.807) is 32.7 Å². The molecule has 0 fully saturated rings. The molecule has 35 heavy (non-hydrogen) atoms. The third kappa shape index (κ3) is 4.38. The van der Waals surface area contributed by atoms with Crippen LogP contribution >= 0.6 is 11.3 Å². The molecule has 176 valence electrons. The second kappa shape index (κ2) is 9.64. The summed E-state index contributed by atoms with van der Waals surface area (Å²) in [5.74, 6) is 2.24. The van der Waals surface area contributed by atoms with E-state index in [4.69, 9.17) is 28.6 Å². The molecule has 3 aromatic carbocycles. The number of rotatable bonds is 6. The number of benzene rings is 3. The van der Waals surface area contributed by atoms with Gasteiger partial charge in [0, 0.05) is 27.5 Å². The number of hydrogen-bond donors (Lipinski definition) is 0. The summed E-state index contributed by atoms with van der Waals surface area (Å²) in [6, 6.07) is 23.6. The molecule has 0 radical (unpaired) electrons. The van der Waals surface area contributed by atoms with Crippen LogP contribution in [-0.4, -0.2) is 26.3 Å². The Bertz CT molecular complexity index is 1550. The van der Waals surface area contributed by atoms with E-state index in [0.717, 1.165) is 32.4 Å². The normalized spacial score (nSPS) is 11.6. The number of fused-ring (bicyclic) bond motifs is 1. The molecule has 2 heterocycles. The molecule has 0 aliphatic heterocycles. The molecule has 0 aliphatic rings. The smallest absolute Gasteiger partial charge is 0.210 e. The van der Waals surface area contributed by atoms with Gasteiger partial charge in [-0.25, -0.2) is 9.98 Å². The fourth-order valence-corrected chi connectivity index (χ4v) is 4.79. The molecular weight excluding hydrogens is 460 g/mol. The molecular formula is C28H24N2O4S. The van der Waals surface area contributed by atoms with Gasteiger partial charge in [0.2, 0.25) is 10.9 Å². The Labute approximate surface area is 207 Å². The van der Waals surface area contributed by atoms with Crippen molar-refractivity contribution < 1.29 is 18.6 Å². The van der Waals surface area contributed by atoms with Crippen molar-refractivity contribution in [1.29, 1.82) is 0 Å². The molecule has 0 saturated carbocycles. The van der Waals surface area contributed by atoms with Crippen LogP contribution in [-0.2, 0) is 0 Å². The molecule has 0 spiro atoms. The number of aromatic nitrogens is 1. The highest BCUT2D eigenvalue weighted by Crippen LogP contribution is 2.41. The summed E-state index contributed by atoms with van der Waals surface area (Å²) in [6.07, 6.45) is 0. The number of nitrogens with zero attached hydrogens (tertiary/aromatic N) is 2.